The number of carbonyl (C=O) groups is 2. The van der Waals surface area contributed by atoms with Crippen LogP contribution in [0.1, 0.15) is 17.3 Å². The highest BCUT2D eigenvalue weighted by atomic mass is 19.4. The molecule has 0 aliphatic rings. The molecule has 144 valence electrons. The van der Waals surface area contributed by atoms with Crippen LogP contribution in [-0.2, 0) is 4.79 Å². The number of carbonyl (C=O) groups excluding carboxylic acids is 2. The zero-order chi connectivity index (χ0) is 20.0. The van der Waals surface area contributed by atoms with E-state index in [0.29, 0.717) is 11.4 Å². The average Bonchev–Trinajstić information content (AvgIpc) is 2.59. The maximum absolute atomic E-state index is 12.5. The summed E-state index contributed by atoms with van der Waals surface area (Å²) in [5.41, 5.74) is 0.423. The first-order chi connectivity index (χ1) is 12.7. The lowest BCUT2D eigenvalue weighted by molar-refractivity contribution is -0.154. The molecule has 2 aromatic rings. The summed E-state index contributed by atoms with van der Waals surface area (Å²) in [5.74, 6) is -1.23. The Bertz CT molecular complexity index is 840. The summed E-state index contributed by atoms with van der Waals surface area (Å²) in [7, 11) is 1.38. The first-order valence-electron chi connectivity index (χ1n) is 7.61. The van der Waals surface area contributed by atoms with Gasteiger partial charge in [-0.15, -0.1) is 0 Å². The van der Waals surface area contributed by atoms with Gasteiger partial charge in [-0.3, -0.25) is 9.59 Å². The van der Waals surface area contributed by atoms with Gasteiger partial charge in [0.2, 0.25) is 11.8 Å². The zero-order valence-electron chi connectivity index (χ0n) is 14.4. The lowest BCUT2D eigenvalue weighted by atomic mass is 10.2. The van der Waals surface area contributed by atoms with Gasteiger partial charge in [0, 0.05) is 18.8 Å². The predicted molar refractivity (Wildman–Crippen MR) is 91.0 cm³/mol. The van der Waals surface area contributed by atoms with Crippen LogP contribution in [0.5, 0.6) is 11.6 Å². The summed E-state index contributed by atoms with van der Waals surface area (Å²) in [5, 5.41) is 5.06. The van der Waals surface area contributed by atoms with Crippen molar-refractivity contribution in [3.05, 3.63) is 42.1 Å². The van der Waals surface area contributed by atoms with Crippen LogP contribution >= 0.6 is 0 Å². The van der Waals surface area contributed by atoms with Crippen LogP contribution in [0.15, 0.2) is 36.5 Å². The van der Waals surface area contributed by atoms with Gasteiger partial charge in [-0.2, -0.15) is 13.2 Å². The summed E-state index contributed by atoms with van der Waals surface area (Å²) in [6, 6.07) is 7.20. The highest BCUT2D eigenvalue weighted by Gasteiger charge is 2.29. The van der Waals surface area contributed by atoms with Gasteiger partial charge in [-0.1, -0.05) is 0 Å². The number of pyridine rings is 1. The summed E-state index contributed by atoms with van der Waals surface area (Å²) >= 11 is 0. The third-order valence-corrected chi connectivity index (χ3v) is 3.16. The molecule has 1 aromatic carbocycles. The summed E-state index contributed by atoms with van der Waals surface area (Å²) in [6.45, 7) is -0.256. The second-order valence-electron chi connectivity index (χ2n) is 5.31. The van der Waals surface area contributed by atoms with Crippen molar-refractivity contribution in [2.45, 2.75) is 13.1 Å². The van der Waals surface area contributed by atoms with Crippen LogP contribution < -0.4 is 20.1 Å². The minimum atomic E-state index is -4.57. The molecule has 1 heterocycles. The van der Waals surface area contributed by atoms with Crippen LogP contribution in [0.4, 0.5) is 24.5 Å². The first-order valence-corrected chi connectivity index (χ1v) is 7.61. The fourth-order valence-corrected chi connectivity index (χ4v) is 2.11. The lowest BCUT2D eigenvalue weighted by Gasteiger charge is -2.14. The Hall–Kier alpha value is -3.30. The molecule has 7 nitrogen and oxygen atoms in total. The predicted octanol–water partition coefficient (Wildman–Crippen LogP) is 3.24. The molecule has 10 heteroatoms. The third-order valence-electron chi connectivity index (χ3n) is 3.16. The van der Waals surface area contributed by atoms with Crippen LogP contribution in [0.3, 0.4) is 0 Å². The molecule has 27 heavy (non-hydrogen) atoms. The van der Waals surface area contributed by atoms with E-state index in [1.807, 2.05) is 0 Å². The Morgan fingerprint density at radius 1 is 1.19 bits per heavy atom. The Morgan fingerprint density at radius 2 is 1.93 bits per heavy atom. The van der Waals surface area contributed by atoms with Crippen molar-refractivity contribution < 1.29 is 32.2 Å². The Morgan fingerprint density at radius 3 is 2.56 bits per heavy atom. The number of nitrogens with one attached hydrogen (secondary N) is 2. The van der Waals surface area contributed by atoms with E-state index in [1.165, 1.54) is 44.5 Å². The first kappa shape index (κ1) is 20.0. The van der Waals surface area contributed by atoms with E-state index in [9.17, 15) is 22.8 Å². The molecule has 2 N–H and O–H groups in total. The molecule has 2 amide bonds. The van der Waals surface area contributed by atoms with Crippen LogP contribution in [0.2, 0.25) is 0 Å². The Kier molecular flexibility index (Phi) is 6.22. The Balaban J connectivity index is 2.26. The maximum atomic E-state index is 12.5. The summed E-state index contributed by atoms with van der Waals surface area (Å²) < 4.78 is 46.8. The normalized spacial score (nSPS) is 10.9. The number of halogens is 3. The van der Waals surface area contributed by atoms with Gasteiger partial charge in [0.1, 0.15) is 11.3 Å². The number of hydrogen-bond donors (Lipinski definition) is 2. The fraction of sp³-hybridized carbons (Fsp3) is 0.235. The number of hydrogen-bond acceptors (Lipinski definition) is 5. The van der Waals surface area contributed by atoms with Crippen molar-refractivity contribution >= 4 is 23.2 Å². The van der Waals surface area contributed by atoms with Crippen molar-refractivity contribution in [3.63, 3.8) is 0 Å². The Labute approximate surface area is 152 Å². The second-order valence-corrected chi connectivity index (χ2v) is 5.31. The SMILES string of the molecule is COc1ccc(NC(C)=O)cc1NC(=O)c1cccnc1OCC(F)(F)F. The van der Waals surface area contributed by atoms with E-state index in [0.717, 1.165) is 0 Å². The number of nitrogens with zero attached hydrogens (tertiary/aromatic N) is 1. The molecular formula is C17H16F3N3O4. The van der Waals surface area contributed by atoms with E-state index in [4.69, 9.17) is 4.74 Å². The van der Waals surface area contributed by atoms with Gasteiger partial charge in [-0.25, -0.2) is 4.98 Å². The van der Waals surface area contributed by atoms with Gasteiger partial charge in [0.15, 0.2) is 6.61 Å². The highest BCUT2D eigenvalue weighted by Crippen LogP contribution is 2.29. The molecule has 0 aliphatic carbocycles. The minimum Gasteiger partial charge on any atom is -0.495 e. The largest absolute Gasteiger partial charge is 0.495 e. The number of rotatable bonds is 6. The lowest BCUT2D eigenvalue weighted by Crippen LogP contribution is -2.22. The third kappa shape index (κ3) is 5.87. The number of methoxy groups -OCH3 is 1. The number of benzene rings is 1. The van der Waals surface area contributed by atoms with E-state index in [2.05, 4.69) is 20.4 Å². The molecule has 0 aliphatic heterocycles. The van der Waals surface area contributed by atoms with E-state index in [-0.39, 0.29) is 17.2 Å². The second kappa shape index (κ2) is 8.39. The van der Waals surface area contributed by atoms with Crippen molar-refractivity contribution in [1.82, 2.24) is 4.98 Å². The van der Waals surface area contributed by atoms with E-state index < -0.39 is 24.6 Å². The van der Waals surface area contributed by atoms with Crippen LogP contribution in [-0.4, -0.2) is 36.7 Å². The molecule has 0 radical (unpaired) electrons. The molecule has 0 atom stereocenters. The fourth-order valence-electron chi connectivity index (χ4n) is 2.11. The molecule has 0 bridgehead atoms. The van der Waals surface area contributed by atoms with Crippen molar-refractivity contribution in [3.8, 4) is 11.6 Å². The topological polar surface area (TPSA) is 89.6 Å². The monoisotopic (exact) mass is 383 g/mol. The molecule has 0 unspecified atom stereocenters. The molecule has 0 spiro atoms. The van der Waals surface area contributed by atoms with Gasteiger partial charge in [0.25, 0.3) is 5.91 Å². The quantitative estimate of drug-likeness (QED) is 0.799. The van der Waals surface area contributed by atoms with Gasteiger partial charge < -0.3 is 20.1 Å². The van der Waals surface area contributed by atoms with E-state index >= 15 is 0 Å². The van der Waals surface area contributed by atoms with Gasteiger partial charge >= 0.3 is 6.18 Å². The molecular weight excluding hydrogens is 367 g/mol. The molecule has 0 fully saturated rings. The molecule has 0 saturated heterocycles. The zero-order valence-corrected chi connectivity index (χ0v) is 14.4. The molecule has 0 saturated carbocycles. The molecule has 1 aromatic heterocycles. The number of anilines is 2. The smallest absolute Gasteiger partial charge is 0.422 e. The van der Waals surface area contributed by atoms with Gasteiger partial charge in [-0.05, 0) is 30.3 Å². The molecule has 2 rings (SSSR count). The number of aromatic nitrogens is 1. The van der Waals surface area contributed by atoms with Crippen molar-refractivity contribution in [2.24, 2.45) is 0 Å². The summed E-state index contributed by atoms with van der Waals surface area (Å²) in [6.07, 6.45) is -3.36. The van der Waals surface area contributed by atoms with Crippen LogP contribution in [0.25, 0.3) is 0 Å². The highest BCUT2D eigenvalue weighted by molar-refractivity contribution is 6.07. The van der Waals surface area contributed by atoms with Gasteiger partial charge in [0.05, 0.1) is 12.8 Å². The minimum absolute atomic E-state index is 0.186. The number of ether oxygens (including phenoxy) is 2. The maximum Gasteiger partial charge on any atom is 0.422 e. The standard InChI is InChI=1S/C17H16F3N3O4/c1-10(24)22-11-5-6-14(26-2)13(8-11)23-15(25)12-4-3-7-21-16(12)27-9-17(18,19)20/h3-8H,9H2,1-2H3,(H,22,24)(H,23,25). The number of amides is 2. The average molecular weight is 383 g/mol. The number of alkyl halides is 3. The summed E-state index contributed by atoms with van der Waals surface area (Å²) in [4.78, 5) is 27.4. The van der Waals surface area contributed by atoms with Crippen molar-refractivity contribution in [2.75, 3.05) is 24.4 Å². The van der Waals surface area contributed by atoms with E-state index in [1.54, 1.807) is 6.07 Å². The van der Waals surface area contributed by atoms with Crippen LogP contribution in [0, 0.1) is 0 Å². The van der Waals surface area contributed by atoms with Crippen molar-refractivity contribution in [1.29, 1.82) is 0 Å².